The highest BCUT2D eigenvalue weighted by atomic mass is 32.2. The largest absolute Gasteiger partial charge is 0.301 e. The fourth-order valence-electron chi connectivity index (χ4n) is 2.16. The number of carbonyl (C=O) groups excluding carboxylic acids is 1. The van der Waals surface area contributed by atoms with Crippen LogP contribution >= 0.6 is 46.2 Å². The Kier molecular flexibility index (Phi) is 7.69. The van der Waals surface area contributed by atoms with E-state index in [1.165, 1.54) is 40.0 Å². The molecular formula is C18H20N4OS4. The first-order valence-corrected chi connectivity index (χ1v) is 12.3. The number of nitrogens with one attached hydrogen (secondary N) is 1. The van der Waals surface area contributed by atoms with Crippen LogP contribution in [0.2, 0.25) is 0 Å². The van der Waals surface area contributed by atoms with Crippen LogP contribution in [0.15, 0.2) is 38.3 Å². The first-order chi connectivity index (χ1) is 13.2. The fourth-order valence-corrected chi connectivity index (χ4v) is 5.64. The topological polar surface area (TPSA) is 67.8 Å². The summed E-state index contributed by atoms with van der Waals surface area (Å²) in [7, 11) is 0. The second-order valence-corrected chi connectivity index (χ2v) is 10.0. The first-order valence-electron chi connectivity index (χ1n) is 8.61. The quantitative estimate of drug-likeness (QED) is 0.449. The van der Waals surface area contributed by atoms with Gasteiger partial charge in [-0.1, -0.05) is 73.0 Å². The summed E-state index contributed by atoms with van der Waals surface area (Å²) in [5.74, 6) is 1.25. The molecule has 3 aromatic rings. The maximum atomic E-state index is 12.2. The molecule has 0 fully saturated rings. The van der Waals surface area contributed by atoms with E-state index in [0.717, 1.165) is 38.5 Å². The number of thioether (sulfide) groups is 2. The molecule has 27 heavy (non-hydrogen) atoms. The van der Waals surface area contributed by atoms with Gasteiger partial charge in [0.2, 0.25) is 5.91 Å². The molecule has 0 saturated heterocycles. The number of aromatic nitrogens is 3. The van der Waals surface area contributed by atoms with Crippen molar-refractivity contribution in [2.24, 2.45) is 0 Å². The molecule has 1 aromatic carbocycles. The van der Waals surface area contributed by atoms with Crippen molar-refractivity contribution >= 4 is 57.2 Å². The van der Waals surface area contributed by atoms with Crippen LogP contribution in [0.25, 0.3) is 11.3 Å². The number of carbonyl (C=O) groups is 1. The molecule has 9 heteroatoms. The Bertz CT molecular complexity index is 876. The van der Waals surface area contributed by atoms with Gasteiger partial charge < -0.3 is 5.32 Å². The molecule has 0 unspecified atom stereocenters. The summed E-state index contributed by atoms with van der Waals surface area (Å²) in [4.78, 5) is 16.7. The van der Waals surface area contributed by atoms with Gasteiger partial charge in [0.1, 0.15) is 0 Å². The monoisotopic (exact) mass is 436 g/mol. The van der Waals surface area contributed by atoms with Crippen LogP contribution in [-0.2, 0) is 11.2 Å². The zero-order valence-corrected chi connectivity index (χ0v) is 18.4. The molecule has 5 nitrogen and oxygen atoms in total. The van der Waals surface area contributed by atoms with Crippen molar-refractivity contribution in [1.82, 2.24) is 15.2 Å². The maximum Gasteiger partial charge on any atom is 0.236 e. The van der Waals surface area contributed by atoms with Gasteiger partial charge >= 0.3 is 0 Å². The van der Waals surface area contributed by atoms with Gasteiger partial charge in [-0.3, -0.25) is 4.79 Å². The zero-order valence-electron chi connectivity index (χ0n) is 15.1. The van der Waals surface area contributed by atoms with E-state index in [9.17, 15) is 4.79 Å². The van der Waals surface area contributed by atoms with Crippen molar-refractivity contribution in [2.45, 2.75) is 35.4 Å². The Morgan fingerprint density at radius 3 is 2.56 bits per heavy atom. The van der Waals surface area contributed by atoms with Crippen LogP contribution in [0.5, 0.6) is 0 Å². The molecule has 0 radical (unpaired) electrons. The third-order valence-electron chi connectivity index (χ3n) is 3.55. The summed E-state index contributed by atoms with van der Waals surface area (Å²) in [5, 5.41) is 13.7. The van der Waals surface area contributed by atoms with E-state index in [1.807, 2.05) is 5.38 Å². The molecule has 142 valence electrons. The van der Waals surface area contributed by atoms with Crippen molar-refractivity contribution in [1.29, 1.82) is 0 Å². The van der Waals surface area contributed by atoms with Crippen molar-refractivity contribution in [2.75, 3.05) is 16.8 Å². The van der Waals surface area contributed by atoms with Gasteiger partial charge in [-0.05, 0) is 18.4 Å². The minimum Gasteiger partial charge on any atom is -0.301 e. The highest BCUT2D eigenvalue weighted by Crippen LogP contribution is 2.29. The predicted molar refractivity (Wildman–Crippen MR) is 117 cm³/mol. The number of thiazole rings is 1. The van der Waals surface area contributed by atoms with E-state index in [1.54, 1.807) is 11.8 Å². The summed E-state index contributed by atoms with van der Waals surface area (Å²) in [5.41, 5.74) is 3.24. The molecule has 2 heterocycles. The number of aryl methyl sites for hydroxylation is 1. The standard InChI is InChI=1S/C18H20N4OS4/c1-3-9-24-17-21-22-18(27-17)26-11-15(23)20-16-19-14(10-25-16)13-7-5-12(4-2)6-8-13/h5-8,10H,3-4,9,11H2,1-2H3,(H,19,20,23). The average molecular weight is 437 g/mol. The molecule has 0 bridgehead atoms. The van der Waals surface area contributed by atoms with Crippen molar-refractivity contribution in [3.8, 4) is 11.3 Å². The number of nitrogens with zero attached hydrogens (tertiary/aromatic N) is 3. The van der Waals surface area contributed by atoms with Crippen LogP contribution in [-0.4, -0.2) is 32.6 Å². The van der Waals surface area contributed by atoms with Crippen LogP contribution in [0.3, 0.4) is 0 Å². The third-order valence-corrected chi connectivity index (χ3v) is 7.71. The molecule has 3 rings (SSSR count). The van der Waals surface area contributed by atoms with E-state index in [-0.39, 0.29) is 5.91 Å². The van der Waals surface area contributed by atoms with Gasteiger partial charge in [0.25, 0.3) is 0 Å². The van der Waals surface area contributed by atoms with E-state index >= 15 is 0 Å². The van der Waals surface area contributed by atoms with Gasteiger partial charge in [0.15, 0.2) is 13.8 Å². The number of benzene rings is 1. The van der Waals surface area contributed by atoms with Crippen LogP contribution < -0.4 is 5.32 Å². The molecule has 0 saturated carbocycles. The Morgan fingerprint density at radius 2 is 1.85 bits per heavy atom. The molecule has 0 aliphatic heterocycles. The molecule has 0 spiro atoms. The Balaban J connectivity index is 1.50. The second-order valence-electron chi connectivity index (χ2n) is 5.61. The summed E-state index contributed by atoms with van der Waals surface area (Å²) in [6, 6.07) is 8.36. The van der Waals surface area contributed by atoms with Gasteiger partial charge in [-0.15, -0.1) is 21.5 Å². The van der Waals surface area contributed by atoms with Crippen LogP contribution in [0.4, 0.5) is 5.13 Å². The van der Waals surface area contributed by atoms with Gasteiger partial charge in [0, 0.05) is 16.7 Å². The van der Waals surface area contributed by atoms with Crippen molar-refractivity contribution in [3.63, 3.8) is 0 Å². The van der Waals surface area contributed by atoms with E-state index < -0.39 is 0 Å². The summed E-state index contributed by atoms with van der Waals surface area (Å²) >= 11 is 6.08. The fraction of sp³-hybridized carbons (Fsp3) is 0.333. The Labute approximate surface area is 175 Å². The normalized spacial score (nSPS) is 10.9. The molecule has 0 aliphatic carbocycles. The van der Waals surface area contributed by atoms with E-state index in [0.29, 0.717) is 10.9 Å². The summed E-state index contributed by atoms with van der Waals surface area (Å²) < 4.78 is 1.78. The molecule has 2 aromatic heterocycles. The lowest BCUT2D eigenvalue weighted by Crippen LogP contribution is -2.13. The van der Waals surface area contributed by atoms with E-state index in [4.69, 9.17) is 0 Å². The first kappa shape index (κ1) is 20.3. The maximum absolute atomic E-state index is 12.2. The zero-order chi connectivity index (χ0) is 19.1. The van der Waals surface area contributed by atoms with Gasteiger partial charge in [-0.2, -0.15) is 0 Å². The highest BCUT2D eigenvalue weighted by molar-refractivity contribution is 8.03. The molecule has 1 amide bonds. The molecular weight excluding hydrogens is 416 g/mol. The number of rotatable bonds is 9. The predicted octanol–water partition coefficient (Wildman–Crippen LogP) is 5.46. The number of hydrogen-bond acceptors (Lipinski definition) is 8. The third kappa shape index (κ3) is 6.03. The minimum atomic E-state index is -0.0832. The van der Waals surface area contributed by atoms with Gasteiger partial charge in [-0.25, -0.2) is 4.98 Å². The lowest BCUT2D eigenvalue weighted by Gasteiger charge is -2.00. The molecule has 0 aliphatic rings. The van der Waals surface area contributed by atoms with Crippen molar-refractivity contribution in [3.05, 3.63) is 35.2 Å². The smallest absolute Gasteiger partial charge is 0.236 e. The highest BCUT2D eigenvalue weighted by Gasteiger charge is 2.11. The number of amides is 1. The number of hydrogen-bond donors (Lipinski definition) is 1. The van der Waals surface area contributed by atoms with Crippen LogP contribution in [0, 0.1) is 0 Å². The Hall–Kier alpha value is -1.42. The van der Waals surface area contributed by atoms with Crippen LogP contribution in [0.1, 0.15) is 25.8 Å². The average Bonchev–Trinajstić information content (AvgIpc) is 3.34. The Morgan fingerprint density at radius 1 is 1.11 bits per heavy atom. The SMILES string of the molecule is CCCSc1nnc(SCC(=O)Nc2nc(-c3ccc(CC)cc3)cs2)s1. The van der Waals surface area contributed by atoms with E-state index in [2.05, 4.69) is 58.6 Å². The molecule has 1 N–H and O–H groups in total. The molecule has 0 atom stereocenters. The minimum absolute atomic E-state index is 0.0832. The lowest BCUT2D eigenvalue weighted by molar-refractivity contribution is -0.113. The summed E-state index contributed by atoms with van der Waals surface area (Å²) in [6.07, 6.45) is 2.12. The van der Waals surface area contributed by atoms with Gasteiger partial charge in [0.05, 0.1) is 11.4 Å². The van der Waals surface area contributed by atoms with Crippen molar-refractivity contribution < 1.29 is 4.79 Å². The second kappa shape index (κ2) is 10.2. The summed E-state index contributed by atoms with van der Waals surface area (Å²) in [6.45, 7) is 4.27. The number of anilines is 1. The lowest BCUT2D eigenvalue weighted by atomic mass is 10.1.